The molecule has 0 spiro atoms. The Kier molecular flexibility index (Phi) is 7.35. The summed E-state index contributed by atoms with van der Waals surface area (Å²) >= 11 is 0. The minimum absolute atomic E-state index is 0.0753. The second-order valence-corrected chi connectivity index (χ2v) is 8.62. The van der Waals surface area contributed by atoms with Gasteiger partial charge in [0.1, 0.15) is 0 Å². The van der Waals surface area contributed by atoms with Gasteiger partial charge in [-0.1, -0.05) is 32.0 Å². The van der Waals surface area contributed by atoms with Gasteiger partial charge in [-0.15, -0.1) is 0 Å². The minimum Gasteiger partial charge on any atom is -0.449 e. The van der Waals surface area contributed by atoms with E-state index >= 15 is 0 Å². The van der Waals surface area contributed by atoms with Crippen LogP contribution < -0.4 is 4.31 Å². The number of rotatable bonds is 8. The molecule has 0 aliphatic carbocycles. The molecule has 0 radical (unpaired) electrons. The first-order valence-electron chi connectivity index (χ1n) is 8.85. The number of anilines is 1. The molecular formula is C17H23F3N2O6S. The van der Waals surface area contributed by atoms with Crippen molar-refractivity contribution in [3.63, 3.8) is 0 Å². The Balaban J connectivity index is 2.46. The molecule has 164 valence electrons. The van der Waals surface area contributed by atoms with Gasteiger partial charge in [0.2, 0.25) is 0 Å². The highest BCUT2D eigenvalue weighted by atomic mass is 32.2. The molecule has 12 heteroatoms. The Bertz CT molecular complexity index is 816. The van der Waals surface area contributed by atoms with Crippen LogP contribution in [0.25, 0.3) is 0 Å². The first kappa shape index (κ1) is 23.2. The standard InChI is InChI=1S/C17H23F3N2O6S/c1-12(2)11-28-16(24)22(29(25,26)17(18,19)20)14-7-4-3-6-13(14)10-21-8-5-9-27-15(21)23/h3-4,6-7,12,16,24H,5,8-11H2,1-2H3. The first-order chi connectivity index (χ1) is 13.4. The van der Waals surface area contributed by atoms with E-state index in [0.29, 0.717) is 13.0 Å². The van der Waals surface area contributed by atoms with Crippen LogP contribution in [0, 0.1) is 5.92 Å². The number of carbonyl (C=O) groups is 1. The Morgan fingerprint density at radius 3 is 2.55 bits per heavy atom. The minimum atomic E-state index is -5.99. The lowest BCUT2D eigenvalue weighted by molar-refractivity contribution is -0.102. The lowest BCUT2D eigenvalue weighted by Crippen LogP contribution is -2.49. The normalized spacial score (nSPS) is 16.7. The van der Waals surface area contributed by atoms with E-state index in [-0.39, 0.29) is 35.5 Å². The maximum absolute atomic E-state index is 13.3. The molecule has 1 saturated heterocycles. The summed E-state index contributed by atoms with van der Waals surface area (Å²) in [4.78, 5) is 13.1. The van der Waals surface area contributed by atoms with Crippen molar-refractivity contribution in [1.29, 1.82) is 0 Å². The summed E-state index contributed by atoms with van der Waals surface area (Å²) in [5, 5.41) is 10.2. The quantitative estimate of drug-likeness (QED) is 0.625. The van der Waals surface area contributed by atoms with Crippen LogP contribution in [0.3, 0.4) is 0 Å². The fraction of sp³-hybridized carbons (Fsp3) is 0.588. The smallest absolute Gasteiger partial charge is 0.449 e. The van der Waals surface area contributed by atoms with E-state index in [9.17, 15) is 31.5 Å². The lowest BCUT2D eigenvalue weighted by Gasteiger charge is -2.33. The third-order valence-corrected chi connectivity index (χ3v) is 5.46. The van der Waals surface area contributed by atoms with Gasteiger partial charge >= 0.3 is 21.6 Å². The van der Waals surface area contributed by atoms with Gasteiger partial charge in [-0.05, 0) is 24.0 Å². The van der Waals surface area contributed by atoms with Crippen molar-refractivity contribution < 1.29 is 41.0 Å². The molecule has 1 amide bonds. The van der Waals surface area contributed by atoms with Gasteiger partial charge in [-0.2, -0.15) is 21.6 Å². The number of aliphatic hydroxyl groups is 1. The van der Waals surface area contributed by atoms with Crippen molar-refractivity contribution in [3.8, 4) is 0 Å². The summed E-state index contributed by atoms with van der Waals surface area (Å²) in [6.45, 7) is 3.52. The number of ether oxygens (including phenoxy) is 2. The summed E-state index contributed by atoms with van der Waals surface area (Å²) in [5.41, 5.74) is -6.04. The van der Waals surface area contributed by atoms with Gasteiger partial charge in [0.25, 0.3) is 6.41 Å². The number of carbonyl (C=O) groups excluding carboxylic acids is 1. The first-order valence-corrected chi connectivity index (χ1v) is 10.3. The Morgan fingerprint density at radius 1 is 1.31 bits per heavy atom. The van der Waals surface area contributed by atoms with Crippen molar-refractivity contribution in [2.75, 3.05) is 24.1 Å². The zero-order valence-corrected chi connectivity index (χ0v) is 16.7. The number of cyclic esters (lactones) is 1. The monoisotopic (exact) mass is 440 g/mol. The zero-order valence-electron chi connectivity index (χ0n) is 15.9. The average Bonchev–Trinajstić information content (AvgIpc) is 2.62. The Labute approximate surface area is 166 Å². The van der Waals surface area contributed by atoms with E-state index in [1.54, 1.807) is 13.8 Å². The topological polar surface area (TPSA) is 96.4 Å². The number of para-hydroxylation sites is 1. The molecule has 1 fully saturated rings. The number of amides is 1. The van der Waals surface area contributed by atoms with E-state index in [0.717, 1.165) is 6.07 Å². The van der Waals surface area contributed by atoms with Crippen LogP contribution in [0.15, 0.2) is 24.3 Å². The highest BCUT2D eigenvalue weighted by Gasteiger charge is 2.53. The maximum atomic E-state index is 13.3. The summed E-state index contributed by atoms with van der Waals surface area (Å²) in [6.07, 6.45) is -2.54. The molecule has 1 atom stereocenters. The van der Waals surface area contributed by atoms with Crippen molar-refractivity contribution >= 4 is 21.8 Å². The largest absolute Gasteiger partial charge is 0.516 e. The Morgan fingerprint density at radius 2 is 1.97 bits per heavy atom. The second-order valence-electron chi connectivity index (χ2n) is 6.82. The van der Waals surface area contributed by atoms with Crippen LogP contribution in [0.2, 0.25) is 0 Å². The fourth-order valence-electron chi connectivity index (χ4n) is 2.63. The van der Waals surface area contributed by atoms with Crippen molar-refractivity contribution in [2.24, 2.45) is 5.92 Å². The van der Waals surface area contributed by atoms with Crippen LogP contribution in [0.4, 0.5) is 23.7 Å². The molecule has 29 heavy (non-hydrogen) atoms. The predicted octanol–water partition coefficient (Wildman–Crippen LogP) is 2.63. The van der Waals surface area contributed by atoms with Crippen molar-refractivity contribution in [1.82, 2.24) is 4.90 Å². The molecule has 1 aromatic rings. The summed E-state index contributed by atoms with van der Waals surface area (Å²) < 4.78 is 74.0. The number of sulfonamides is 1. The number of benzene rings is 1. The van der Waals surface area contributed by atoms with Crippen LogP contribution in [-0.2, 0) is 26.0 Å². The molecule has 8 nitrogen and oxygen atoms in total. The predicted molar refractivity (Wildman–Crippen MR) is 97.1 cm³/mol. The molecule has 1 unspecified atom stereocenters. The molecule has 1 aliphatic rings. The van der Waals surface area contributed by atoms with Gasteiger partial charge in [-0.3, -0.25) is 0 Å². The Hall–Kier alpha value is -2.05. The number of aliphatic hydroxyl groups excluding tert-OH is 1. The van der Waals surface area contributed by atoms with E-state index < -0.39 is 33.7 Å². The molecule has 2 rings (SSSR count). The lowest BCUT2D eigenvalue weighted by atomic mass is 10.1. The SMILES string of the molecule is CC(C)COC(O)N(c1ccccc1CN1CCCOC1=O)S(=O)(=O)C(F)(F)F. The third kappa shape index (κ3) is 5.52. The second kappa shape index (κ2) is 9.18. The maximum Gasteiger partial charge on any atom is 0.516 e. The fourth-order valence-corrected chi connectivity index (χ4v) is 3.59. The van der Waals surface area contributed by atoms with Gasteiger partial charge in [0.05, 0.1) is 25.4 Å². The van der Waals surface area contributed by atoms with Gasteiger partial charge in [-0.25, -0.2) is 9.10 Å². The summed E-state index contributed by atoms with van der Waals surface area (Å²) in [7, 11) is -5.99. The number of nitrogens with zero attached hydrogens (tertiary/aromatic N) is 2. The molecule has 0 bridgehead atoms. The highest BCUT2D eigenvalue weighted by Crippen LogP contribution is 2.35. The number of halogens is 3. The number of hydrogen-bond acceptors (Lipinski definition) is 6. The number of hydrogen-bond donors (Lipinski definition) is 1. The van der Waals surface area contributed by atoms with E-state index in [1.165, 1.54) is 23.1 Å². The molecule has 1 heterocycles. The highest BCUT2D eigenvalue weighted by molar-refractivity contribution is 7.93. The number of alkyl halides is 3. The van der Waals surface area contributed by atoms with Crippen molar-refractivity contribution in [2.45, 2.75) is 38.7 Å². The van der Waals surface area contributed by atoms with Gasteiger partial charge < -0.3 is 19.5 Å². The molecule has 1 aliphatic heterocycles. The van der Waals surface area contributed by atoms with Crippen LogP contribution in [0.1, 0.15) is 25.8 Å². The van der Waals surface area contributed by atoms with E-state index in [1.807, 2.05) is 0 Å². The van der Waals surface area contributed by atoms with Gasteiger partial charge in [0, 0.05) is 6.54 Å². The van der Waals surface area contributed by atoms with Crippen LogP contribution >= 0.6 is 0 Å². The molecule has 1 aromatic carbocycles. The van der Waals surface area contributed by atoms with E-state index in [4.69, 9.17) is 9.47 Å². The van der Waals surface area contributed by atoms with Crippen LogP contribution in [0.5, 0.6) is 0 Å². The van der Waals surface area contributed by atoms with Crippen LogP contribution in [-0.4, -0.2) is 56.2 Å². The average molecular weight is 440 g/mol. The van der Waals surface area contributed by atoms with Crippen molar-refractivity contribution in [3.05, 3.63) is 29.8 Å². The molecule has 0 saturated carbocycles. The molecule has 1 N–H and O–H groups in total. The van der Waals surface area contributed by atoms with E-state index in [2.05, 4.69) is 0 Å². The zero-order chi connectivity index (χ0) is 21.8. The molecular weight excluding hydrogens is 417 g/mol. The molecule has 0 aromatic heterocycles. The summed E-state index contributed by atoms with van der Waals surface area (Å²) in [6, 6.07) is 5.27. The van der Waals surface area contributed by atoms with Gasteiger partial charge in [0.15, 0.2) is 0 Å². The summed E-state index contributed by atoms with van der Waals surface area (Å²) in [5.74, 6) is -0.168. The third-order valence-electron chi connectivity index (χ3n) is 3.98.